The summed E-state index contributed by atoms with van der Waals surface area (Å²) in [6.45, 7) is 6.28. The molecule has 0 aromatic carbocycles. The van der Waals surface area contributed by atoms with Crippen LogP contribution in [-0.2, 0) is 14.4 Å². The predicted octanol–water partition coefficient (Wildman–Crippen LogP) is 0.0802. The zero-order valence-corrected chi connectivity index (χ0v) is 11.0. The Labute approximate surface area is 106 Å². The van der Waals surface area contributed by atoms with Crippen LogP contribution in [0.15, 0.2) is 0 Å². The van der Waals surface area contributed by atoms with Crippen molar-refractivity contribution in [2.24, 2.45) is 11.8 Å². The van der Waals surface area contributed by atoms with Gasteiger partial charge in [-0.3, -0.25) is 9.59 Å². The lowest BCUT2D eigenvalue weighted by Crippen LogP contribution is -2.47. The first kappa shape index (κ1) is 14.5. The van der Waals surface area contributed by atoms with Gasteiger partial charge in [0, 0.05) is 19.5 Å². The number of nitrogens with one attached hydrogen (secondary N) is 1. The Morgan fingerprint density at radius 1 is 1.50 bits per heavy atom. The zero-order valence-electron chi connectivity index (χ0n) is 11.0. The fourth-order valence-electron chi connectivity index (χ4n) is 2.04. The molecule has 0 aliphatic carbocycles. The fraction of sp³-hybridized carbons (Fsp3) is 0.750. The molecule has 0 saturated carbocycles. The van der Waals surface area contributed by atoms with Crippen LogP contribution in [0.4, 0.5) is 0 Å². The lowest BCUT2D eigenvalue weighted by Gasteiger charge is -2.20. The van der Waals surface area contributed by atoms with Crippen LogP contribution in [0.3, 0.4) is 0 Å². The average molecular weight is 256 g/mol. The van der Waals surface area contributed by atoms with Crippen molar-refractivity contribution in [3.8, 4) is 0 Å². The predicted molar refractivity (Wildman–Crippen MR) is 64.8 cm³/mol. The summed E-state index contributed by atoms with van der Waals surface area (Å²) in [5.41, 5.74) is 0. The van der Waals surface area contributed by atoms with Crippen LogP contribution in [0.25, 0.3) is 0 Å². The van der Waals surface area contributed by atoms with Crippen molar-refractivity contribution >= 4 is 17.8 Å². The fourth-order valence-corrected chi connectivity index (χ4v) is 2.04. The van der Waals surface area contributed by atoms with E-state index in [0.717, 1.165) is 0 Å². The minimum absolute atomic E-state index is 0.0472. The van der Waals surface area contributed by atoms with Crippen LogP contribution in [0, 0.1) is 11.8 Å². The number of carbonyl (C=O) groups is 3. The minimum Gasteiger partial charge on any atom is -0.480 e. The van der Waals surface area contributed by atoms with Crippen molar-refractivity contribution in [3.05, 3.63) is 0 Å². The number of rotatable bonds is 5. The van der Waals surface area contributed by atoms with Crippen LogP contribution in [-0.4, -0.2) is 46.9 Å². The van der Waals surface area contributed by atoms with Crippen molar-refractivity contribution < 1.29 is 19.5 Å². The topological polar surface area (TPSA) is 86.7 Å². The summed E-state index contributed by atoms with van der Waals surface area (Å²) in [6.07, 6.45) is 0.171. The summed E-state index contributed by atoms with van der Waals surface area (Å²) in [5, 5.41) is 11.5. The van der Waals surface area contributed by atoms with E-state index in [2.05, 4.69) is 5.32 Å². The third-order valence-corrected chi connectivity index (χ3v) is 3.20. The Morgan fingerprint density at radius 2 is 2.11 bits per heavy atom. The molecule has 6 heteroatoms. The number of carboxylic acid groups (broad SMARTS) is 1. The molecule has 0 spiro atoms. The number of amides is 2. The van der Waals surface area contributed by atoms with Crippen molar-refractivity contribution in [2.45, 2.75) is 33.2 Å². The van der Waals surface area contributed by atoms with E-state index in [1.54, 1.807) is 18.7 Å². The summed E-state index contributed by atoms with van der Waals surface area (Å²) in [4.78, 5) is 36.0. The maximum absolute atomic E-state index is 11.9. The van der Waals surface area contributed by atoms with Gasteiger partial charge in [0.15, 0.2) is 0 Å². The van der Waals surface area contributed by atoms with Gasteiger partial charge in [0.25, 0.3) is 0 Å². The lowest BCUT2D eigenvalue weighted by atomic mass is 10.0. The number of carboxylic acids is 1. The standard InChI is InChI=1S/C12H20N2O4/c1-4-14-6-8(5-9(14)15)11(16)13-10(7(2)3)12(17)18/h7-8,10H,4-6H2,1-3H3,(H,13,16)(H,17,18)/t8?,10-/m1/s1. The van der Waals surface area contributed by atoms with Crippen molar-refractivity contribution in [3.63, 3.8) is 0 Å². The highest BCUT2D eigenvalue weighted by Crippen LogP contribution is 2.18. The molecule has 1 saturated heterocycles. The maximum Gasteiger partial charge on any atom is 0.326 e. The normalized spacial score (nSPS) is 21.2. The number of likely N-dealkylation sites (tertiary alicyclic amines) is 1. The molecule has 1 aliphatic heterocycles. The molecule has 2 atom stereocenters. The number of aliphatic carboxylic acids is 1. The number of hydrogen-bond acceptors (Lipinski definition) is 3. The van der Waals surface area contributed by atoms with Crippen LogP contribution in [0.5, 0.6) is 0 Å². The minimum atomic E-state index is -1.05. The van der Waals surface area contributed by atoms with Crippen molar-refractivity contribution in [1.82, 2.24) is 10.2 Å². The van der Waals surface area contributed by atoms with E-state index in [-0.39, 0.29) is 24.2 Å². The molecule has 1 fully saturated rings. The Kier molecular flexibility index (Phi) is 4.69. The second-order valence-electron chi connectivity index (χ2n) is 4.90. The van der Waals surface area contributed by atoms with E-state index in [1.165, 1.54) is 0 Å². The molecule has 1 aliphatic rings. The largest absolute Gasteiger partial charge is 0.480 e. The third kappa shape index (κ3) is 3.21. The van der Waals surface area contributed by atoms with Gasteiger partial charge in [0.2, 0.25) is 11.8 Å². The maximum atomic E-state index is 11.9. The van der Waals surface area contributed by atoms with Gasteiger partial charge < -0.3 is 15.3 Å². The molecule has 1 rings (SSSR count). The van der Waals surface area contributed by atoms with Gasteiger partial charge in [0.05, 0.1) is 5.92 Å². The first-order chi connectivity index (χ1) is 8.36. The first-order valence-electron chi connectivity index (χ1n) is 6.17. The Morgan fingerprint density at radius 3 is 2.50 bits per heavy atom. The zero-order chi connectivity index (χ0) is 13.9. The van der Waals surface area contributed by atoms with Gasteiger partial charge in [-0.05, 0) is 12.8 Å². The van der Waals surface area contributed by atoms with Crippen LogP contribution in [0.1, 0.15) is 27.2 Å². The van der Waals surface area contributed by atoms with E-state index in [0.29, 0.717) is 13.1 Å². The molecule has 0 aromatic rings. The second-order valence-corrected chi connectivity index (χ2v) is 4.90. The summed E-state index contributed by atoms with van der Waals surface area (Å²) in [5.74, 6) is -2.06. The van der Waals surface area contributed by atoms with E-state index in [4.69, 9.17) is 5.11 Å². The smallest absolute Gasteiger partial charge is 0.326 e. The number of hydrogen-bond donors (Lipinski definition) is 2. The molecule has 102 valence electrons. The molecule has 0 bridgehead atoms. The summed E-state index contributed by atoms with van der Waals surface area (Å²) >= 11 is 0. The number of nitrogens with zero attached hydrogens (tertiary/aromatic N) is 1. The van der Waals surface area contributed by atoms with Crippen molar-refractivity contribution in [1.29, 1.82) is 0 Å². The van der Waals surface area contributed by atoms with Crippen molar-refractivity contribution in [2.75, 3.05) is 13.1 Å². The molecular formula is C12H20N2O4. The Bertz CT molecular complexity index is 354. The lowest BCUT2D eigenvalue weighted by molar-refractivity contribution is -0.143. The molecule has 18 heavy (non-hydrogen) atoms. The number of carbonyl (C=O) groups excluding carboxylic acids is 2. The van der Waals surface area contributed by atoms with Gasteiger partial charge in [-0.15, -0.1) is 0 Å². The van der Waals surface area contributed by atoms with E-state index in [9.17, 15) is 14.4 Å². The highest BCUT2D eigenvalue weighted by atomic mass is 16.4. The van der Waals surface area contributed by atoms with E-state index < -0.39 is 17.9 Å². The molecule has 1 heterocycles. The molecule has 6 nitrogen and oxygen atoms in total. The van der Waals surface area contributed by atoms with E-state index in [1.807, 2.05) is 6.92 Å². The van der Waals surface area contributed by atoms with Gasteiger partial charge >= 0.3 is 5.97 Å². The average Bonchev–Trinajstić information content (AvgIpc) is 2.66. The van der Waals surface area contributed by atoms with E-state index >= 15 is 0 Å². The summed E-state index contributed by atoms with van der Waals surface area (Å²) in [6, 6.07) is -0.900. The third-order valence-electron chi connectivity index (χ3n) is 3.20. The second kappa shape index (κ2) is 5.84. The van der Waals surface area contributed by atoms with Gasteiger partial charge in [-0.1, -0.05) is 13.8 Å². The quantitative estimate of drug-likeness (QED) is 0.729. The molecule has 2 N–H and O–H groups in total. The molecule has 1 unspecified atom stereocenters. The highest BCUT2D eigenvalue weighted by Gasteiger charge is 2.35. The molecule has 0 radical (unpaired) electrons. The van der Waals surface area contributed by atoms with Gasteiger partial charge in [0.1, 0.15) is 6.04 Å². The molecule has 2 amide bonds. The Hall–Kier alpha value is -1.59. The SMILES string of the molecule is CCN1CC(C(=O)N[C@@H](C(=O)O)C(C)C)CC1=O. The van der Waals surface area contributed by atoms with Gasteiger partial charge in [-0.2, -0.15) is 0 Å². The highest BCUT2D eigenvalue weighted by molar-refractivity contribution is 5.91. The van der Waals surface area contributed by atoms with Crippen LogP contribution >= 0.6 is 0 Å². The summed E-state index contributed by atoms with van der Waals surface area (Å²) < 4.78 is 0. The Balaban J connectivity index is 2.61. The van der Waals surface area contributed by atoms with Crippen LogP contribution in [0.2, 0.25) is 0 Å². The molecular weight excluding hydrogens is 236 g/mol. The molecule has 0 aromatic heterocycles. The van der Waals surface area contributed by atoms with Crippen LogP contribution < -0.4 is 5.32 Å². The summed E-state index contributed by atoms with van der Waals surface area (Å²) in [7, 11) is 0. The first-order valence-corrected chi connectivity index (χ1v) is 6.17. The van der Waals surface area contributed by atoms with Gasteiger partial charge in [-0.25, -0.2) is 4.79 Å². The monoisotopic (exact) mass is 256 g/mol.